The van der Waals surface area contributed by atoms with Gasteiger partial charge in [0.1, 0.15) is 5.58 Å². The first kappa shape index (κ1) is 19.0. The summed E-state index contributed by atoms with van der Waals surface area (Å²) in [7, 11) is 1.58. The van der Waals surface area contributed by atoms with Gasteiger partial charge in [0.25, 0.3) is 0 Å². The first-order valence-electron chi connectivity index (χ1n) is 9.06. The van der Waals surface area contributed by atoms with Crippen LogP contribution in [0, 0.1) is 0 Å². The summed E-state index contributed by atoms with van der Waals surface area (Å²) in [5, 5.41) is 15.5. The summed E-state index contributed by atoms with van der Waals surface area (Å²) in [5.74, 6) is 0.367. The Bertz CT molecular complexity index is 813. The molecule has 0 spiro atoms. The lowest BCUT2D eigenvalue weighted by Crippen LogP contribution is -2.56. The second-order valence-corrected chi connectivity index (χ2v) is 6.66. The van der Waals surface area contributed by atoms with Gasteiger partial charge in [0.05, 0.1) is 25.6 Å². The SMILES string of the molecule is CCN(CC(=O)O)C1CC(NC(=O)NCc2oc3ccccc3c2OC)C1. The molecule has 1 fully saturated rings. The monoisotopic (exact) mass is 375 g/mol. The van der Waals surface area contributed by atoms with Gasteiger partial charge in [-0.3, -0.25) is 9.69 Å². The van der Waals surface area contributed by atoms with Crippen molar-refractivity contribution in [3.8, 4) is 5.75 Å². The molecule has 8 nitrogen and oxygen atoms in total. The molecule has 1 aromatic heterocycles. The molecule has 0 radical (unpaired) electrons. The summed E-state index contributed by atoms with van der Waals surface area (Å²) in [5.41, 5.74) is 0.714. The van der Waals surface area contributed by atoms with E-state index in [1.54, 1.807) is 7.11 Å². The van der Waals surface area contributed by atoms with E-state index in [2.05, 4.69) is 10.6 Å². The predicted molar refractivity (Wildman–Crippen MR) is 99.8 cm³/mol. The molecule has 8 heteroatoms. The van der Waals surface area contributed by atoms with Crippen molar-refractivity contribution in [2.45, 2.75) is 38.4 Å². The minimum Gasteiger partial charge on any atom is -0.492 e. The molecule has 0 bridgehead atoms. The Hall–Kier alpha value is -2.74. The summed E-state index contributed by atoms with van der Waals surface area (Å²) >= 11 is 0. The van der Waals surface area contributed by atoms with E-state index < -0.39 is 5.97 Å². The fraction of sp³-hybridized carbons (Fsp3) is 0.474. The van der Waals surface area contributed by atoms with E-state index in [0.29, 0.717) is 23.6 Å². The highest BCUT2D eigenvalue weighted by Gasteiger charge is 2.34. The second-order valence-electron chi connectivity index (χ2n) is 6.66. The summed E-state index contributed by atoms with van der Waals surface area (Å²) < 4.78 is 11.2. The second kappa shape index (κ2) is 8.30. The lowest BCUT2D eigenvalue weighted by atomic mass is 9.85. The number of carbonyl (C=O) groups is 2. The van der Waals surface area contributed by atoms with Crippen LogP contribution in [0.25, 0.3) is 11.0 Å². The van der Waals surface area contributed by atoms with E-state index in [-0.39, 0.29) is 31.2 Å². The zero-order valence-electron chi connectivity index (χ0n) is 15.5. The van der Waals surface area contributed by atoms with Crippen LogP contribution in [0.5, 0.6) is 5.75 Å². The number of benzene rings is 1. The van der Waals surface area contributed by atoms with Crippen molar-refractivity contribution in [1.29, 1.82) is 0 Å². The molecule has 3 N–H and O–H groups in total. The Morgan fingerprint density at radius 3 is 2.74 bits per heavy atom. The number of furan rings is 1. The third-order valence-electron chi connectivity index (χ3n) is 4.94. The average Bonchev–Trinajstić information content (AvgIpc) is 2.98. The standard InChI is InChI=1S/C19H25N3O5/c1-3-22(11-17(23)24)13-8-12(9-13)21-19(25)20-10-16-18(26-2)14-6-4-5-7-15(14)27-16/h4-7,12-13H,3,8-11H2,1-2H3,(H,23,24)(H2,20,21,25). The van der Waals surface area contributed by atoms with Gasteiger partial charge in [0.15, 0.2) is 11.5 Å². The predicted octanol–water partition coefficient (Wildman–Crippen LogP) is 2.18. The van der Waals surface area contributed by atoms with E-state index in [1.165, 1.54) is 0 Å². The number of rotatable bonds is 8. The highest BCUT2D eigenvalue weighted by molar-refractivity contribution is 5.85. The summed E-state index contributed by atoms with van der Waals surface area (Å²) in [6, 6.07) is 7.52. The molecule has 0 atom stereocenters. The molecular weight excluding hydrogens is 350 g/mol. The Morgan fingerprint density at radius 1 is 1.33 bits per heavy atom. The molecule has 1 heterocycles. The molecule has 0 saturated heterocycles. The number of amides is 2. The molecule has 1 aliphatic rings. The van der Waals surface area contributed by atoms with Crippen LogP contribution < -0.4 is 15.4 Å². The fourth-order valence-electron chi connectivity index (χ4n) is 3.49. The molecule has 27 heavy (non-hydrogen) atoms. The first-order valence-corrected chi connectivity index (χ1v) is 9.06. The molecule has 146 valence electrons. The van der Waals surface area contributed by atoms with Gasteiger partial charge in [-0.05, 0) is 31.5 Å². The number of hydrogen-bond acceptors (Lipinski definition) is 5. The topological polar surface area (TPSA) is 104 Å². The number of nitrogens with one attached hydrogen (secondary N) is 2. The highest BCUT2D eigenvalue weighted by atomic mass is 16.5. The highest BCUT2D eigenvalue weighted by Crippen LogP contribution is 2.32. The molecule has 0 unspecified atom stereocenters. The number of para-hydroxylation sites is 1. The van der Waals surface area contributed by atoms with E-state index >= 15 is 0 Å². The van der Waals surface area contributed by atoms with E-state index in [1.807, 2.05) is 36.1 Å². The number of fused-ring (bicyclic) bond motifs is 1. The number of carboxylic acid groups (broad SMARTS) is 1. The van der Waals surface area contributed by atoms with Crippen LogP contribution in [0.2, 0.25) is 0 Å². The van der Waals surface area contributed by atoms with Gasteiger partial charge in [0, 0.05) is 12.1 Å². The Labute approximate surface area is 157 Å². The minimum absolute atomic E-state index is 0.0337. The Morgan fingerprint density at radius 2 is 2.07 bits per heavy atom. The van der Waals surface area contributed by atoms with Gasteiger partial charge < -0.3 is 24.9 Å². The van der Waals surface area contributed by atoms with Crippen molar-refractivity contribution in [2.75, 3.05) is 20.2 Å². The maximum absolute atomic E-state index is 12.1. The largest absolute Gasteiger partial charge is 0.492 e. The number of methoxy groups -OCH3 is 1. The van der Waals surface area contributed by atoms with Gasteiger partial charge >= 0.3 is 12.0 Å². The number of aliphatic carboxylic acids is 1. The third kappa shape index (κ3) is 4.33. The van der Waals surface area contributed by atoms with E-state index in [0.717, 1.165) is 18.2 Å². The van der Waals surface area contributed by atoms with Crippen LogP contribution in [0.1, 0.15) is 25.5 Å². The lowest BCUT2D eigenvalue weighted by molar-refractivity contribution is -0.139. The van der Waals surface area contributed by atoms with Crippen LogP contribution in [-0.4, -0.2) is 54.3 Å². The molecular formula is C19H25N3O5. The van der Waals surface area contributed by atoms with Gasteiger partial charge in [-0.15, -0.1) is 0 Å². The molecule has 3 rings (SSSR count). The zero-order valence-corrected chi connectivity index (χ0v) is 15.5. The van der Waals surface area contributed by atoms with Crippen molar-refractivity contribution < 1.29 is 23.8 Å². The number of urea groups is 1. The van der Waals surface area contributed by atoms with Crippen LogP contribution in [0.3, 0.4) is 0 Å². The quantitative estimate of drug-likeness (QED) is 0.653. The van der Waals surface area contributed by atoms with Gasteiger partial charge in [-0.1, -0.05) is 19.1 Å². The van der Waals surface area contributed by atoms with Crippen molar-refractivity contribution in [2.24, 2.45) is 0 Å². The summed E-state index contributed by atoms with van der Waals surface area (Å²) in [6.45, 7) is 2.88. The Balaban J connectivity index is 1.48. The maximum Gasteiger partial charge on any atom is 0.317 e. The van der Waals surface area contributed by atoms with E-state index in [9.17, 15) is 9.59 Å². The first-order chi connectivity index (χ1) is 13.0. The molecule has 1 saturated carbocycles. The smallest absolute Gasteiger partial charge is 0.317 e. The number of nitrogens with zero attached hydrogens (tertiary/aromatic N) is 1. The third-order valence-corrected chi connectivity index (χ3v) is 4.94. The van der Waals surface area contributed by atoms with E-state index in [4.69, 9.17) is 14.3 Å². The Kier molecular flexibility index (Phi) is 5.85. The van der Waals surface area contributed by atoms with Crippen molar-refractivity contribution in [3.05, 3.63) is 30.0 Å². The number of hydrogen-bond donors (Lipinski definition) is 3. The van der Waals surface area contributed by atoms with Crippen LogP contribution in [0.15, 0.2) is 28.7 Å². The van der Waals surface area contributed by atoms with Crippen molar-refractivity contribution in [3.63, 3.8) is 0 Å². The fourth-order valence-corrected chi connectivity index (χ4v) is 3.49. The number of carbonyl (C=O) groups excluding carboxylic acids is 1. The number of likely N-dealkylation sites (N-methyl/N-ethyl adjacent to an activating group) is 1. The molecule has 1 aromatic carbocycles. The molecule has 0 aliphatic heterocycles. The minimum atomic E-state index is -0.828. The van der Waals surface area contributed by atoms with Crippen LogP contribution in [0.4, 0.5) is 4.79 Å². The molecule has 1 aliphatic carbocycles. The lowest BCUT2D eigenvalue weighted by Gasteiger charge is -2.42. The van der Waals surface area contributed by atoms with Crippen LogP contribution >= 0.6 is 0 Å². The zero-order chi connectivity index (χ0) is 19.4. The van der Waals surface area contributed by atoms with Gasteiger partial charge in [-0.2, -0.15) is 0 Å². The van der Waals surface area contributed by atoms with Crippen LogP contribution in [-0.2, 0) is 11.3 Å². The number of ether oxygens (including phenoxy) is 1. The van der Waals surface area contributed by atoms with Gasteiger partial charge in [-0.25, -0.2) is 4.79 Å². The summed E-state index contributed by atoms with van der Waals surface area (Å²) in [4.78, 5) is 24.9. The number of carboxylic acids is 1. The summed E-state index contributed by atoms with van der Waals surface area (Å²) in [6.07, 6.45) is 1.50. The van der Waals surface area contributed by atoms with Crippen molar-refractivity contribution in [1.82, 2.24) is 15.5 Å². The normalized spacial score (nSPS) is 18.9. The average molecular weight is 375 g/mol. The molecule has 2 aromatic rings. The molecule has 2 amide bonds. The maximum atomic E-state index is 12.1. The van der Waals surface area contributed by atoms with Gasteiger partial charge in [0.2, 0.25) is 0 Å². The van der Waals surface area contributed by atoms with Crippen molar-refractivity contribution >= 4 is 23.0 Å².